The van der Waals surface area contributed by atoms with Crippen molar-refractivity contribution in [1.29, 1.82) is 0 Å². The number of aliphatic hydroxyl groups is 3. The number of nitrogens with zero attached hydrogens (tertiary/aromatic N) is 1. The van der Waals surface area contributed by atoms with Crippen molar-refractivity contribution in [2.75, 3.05) is 13.7 Å². The van der Waals surface area contributed by atoms with Crippen LogP contribution in [0.25, 0.3) is 10.8 Å². The highest BCUT2D eigenvalue weighted by Crippen LogP contribution is 2.61. The fourth-order valence-electron chi connectivity index (χ4n) is 19.8. The zero-order valence-electron chi connectivity index (χ0n) is 54.5. The van der Waals surface area contributed by atoms with Crippen LogP contribution in [0.4, 0.5) is 0 Å². The lowest BCUT2D eigenvalue weighted by atomic mass is 9.52. The zero-order valence-corrected chi connectivity index (χ0v) is 55.4. The van der Waals surface area contributed by atoms with Gasteiger partial charge in [0.05, 0.1) is 23.1 Å². The molecule has 3 fully saturated rings. The lowest BCUT2D eigenvalue weighted by Crippen LogP contribution is -2.60. The van der Waals surface area contributed by atoms with Crippen molar-refractivity contribution in [3.05, 3.63) is 224 Å². The van der Waals surface area contributed by atoms with Gasteiger partial charge in [-0.25, -0.2) is 4.99 Å². The minimum Gasteiger partial charge on any atom is -0.508 e. The van der Waals surface area contributed by atoms with Crippen molar-refractivity contribution in [1.82, 2.24) is 5.32 Å². The van der Waals surface area contributed by atoms with E-state index in [1.807, 2.05) is 25.2 Å². The Kier molecular flexibility index (Phi) is 17.2. The molecule has 7 aromatic carbocycles. The minimum atomic E-state index is -4.73. The quantitative estimate of drug-likeness (QED) is 0.0222. The number of hydrogen-bond donors (Lipinski definition) is 8. The second kappa shape index (κ2) is 25.6. The van der Waals surface area contributed by atoms with E-state index >= 15 is 0 Å². The number of phenols is 1. The molecule has 13 nitrogen and oxygen atoms in total. The number of benzene rings is 7. The molecule has 16 atom stereocenters. The van der Waals surface area contributed by atoms with Crippen LogP contribution in [0.2, 0.25) is 0 Å². The third-order valence-electron chi connectivity index (χ3n) is 24.2. The molecule has 1 saturated heterocycles. The molecule has 0 spiro atoms. The monoisotopic (exact) mass is 1290 g/mol. The van der Waals surface area contributed by atoms with Gasteiger partial charge < -0.3 is 46.7 Å². The first-order valence-corrected chi connectivity index (χ1v) is 36.5. The normalized spacial score (nSPS) is 31.6. The van der Waals surface area contributed by atoms with Crippen LogP contribution in [0.3, 0.4) is 0 Å². The van der Waals surface area contributed by atoms with E-state index in [-0.39, 0.29) is 66.3 Å². The van der Waals surface area contributed by atoms with Gasteiger partial charge in [0.2, 0.25) is 5.72 Å². The highest BCUT2D eigenvalue weighted by Gasteiger charge is 2.60. The number of aliphatic imine (C=N–C) groups is 1. The molecule has 5 heterocycles. The van der Waals surface area contributed by atoms with E-state index in [4.69, 9.17) is 25.9 Å². The van der Waals surface area contributed by atoms with E-state index in [1.165, 1.54) is 33.0 Å². The van der Waals surface area contributed by atoms with Crippen molar-refractivity contribution in [2.24, 2.45) is 57.9 Å². The fourth-order valence-corrected chi connectivity index (χ4v) is 20.9. The van der Waals surface area contributed by atoms with Gasteiger partial charge in [-0.05, 0) is 241 Å². The summed E-state index contributed by atoms with van der Waals surface area (Å²) in [6.45, 7) is 2.85. The maximum absolute atomic E-state index is 14.6. The van der Waals surface area contributed by atoms with Gasteiger partial charge in [0, 0.05) is 60.4 Å². The van der Waals surface area contributed by atoms with E-state index in [0.717, 1.165) is 89.6 Å². The summed E-state index contributed by atoms with van der Waals surface area (Å²) in [7, 11) is -2.74. The zero-order chi connectivity index (χ0) is 65.5. The van der Waals surface area contributed by atoms with Crippen molar-refractivity contribution >= 4 is 26.9 Å². The van der Waals surface area contributed by atoms with Gasteiger partial charge in [-0.2, -0.15) is 8.42 Å². The predicted octanol–water partition coefficient (Wildman–Crippen LogP) is 13.0. The lowest BCUT2D eigenvalue weighted by Gasteiger charge is -2.57. The number of ether oxygens (including phenoxy) is 2. The number of allylic oxidation sites excluding steroid dienone is 1. The number of guanidine groups is 1. The van der Waals surface area contributed by atoms with E-state index in [0.29, 0.717) is 74.7 Å². The van der Waals surface area contributed by atoms with Crippen LogP contribution in [0.5, 0.6) is 11.5 Å². The molecule has 95 heavy (non-hydrogen) atoms. The summed E-state index contributed by atoms with van der Waals surface area (Å²) >= 11 is 0. The highest BCUT2D eigenvalue weighted by molar-refractivity contribution is 7.86. The molecule has 17 rings (SSSR count). The van der Waals surface area contributed by atoms with E-state index in [1.54, 1.807) is 12.1 Å². The molecule has 2 saturated carbocycles. The molecule has 7 aromatic rings. The standard InChI is InChI=1S/C81H90N4O9S/c1-47-15-16-55-39-63-27-31-66(55)70(47)43-76(95(90,91)92)72-41-58-37-57(40-64-33-49(46-86)11-8-13-53-38-62(87)26-30-69(53)78(58)93-64)77(72)50-17-23-61(24-18-50)81(94-63,85-79(82)83)73-32-25-60-22-19-56(44-80(60,89)74(73)34-48-9-4-3-5-10-48)51-20-29-68-54(35-51)21-28-67-59(45-84-2)36-52-12-6-7-14-65(52)71(67)42-75(68)88/h3-7,9-10,12,14,17-18,20,23-24,26-27,29-31,35-36,38-39,41,47,49,56-57,60,64,70,72-78,84,86-89H,11,15-16,19,21-22,25,28,32-34,37,40,42-46H2,1-2H3,(H4,82,83,85)(H,90,91,92). The number of phenolic OH excluding ortho intramolecular Hbond substituents is 1. The maximum Gasteiger partial charge on any atom is 0.268 e. The number of aliphatic hydroxyl groups excluding tert-OH is 2. The molecule has 5 aliphatic heterocycles. The fraction of sp³-hybridized carbons (Fsp3) is 0.444. The van der Waals surface area contributed by atoms with E-state index < -0.39 is 62.6 Å². The Morgan fingerprint density at radius 2 is 1.56 bits per heavy atom. The minimum absolute atomic E-state index is 0.00693. The molecular formula is C81H90N4O9S. The first-order chi connectivity index (χ1) is 45.9. The van der Waals surface area contributed by atoms with Crippen LogP contribution in [0.1, 0.15) is 180 Å². The van der Waals surface area contributed by atoms with Crippen molar-refractivity contribution in [3.8, 4) is 23.3 Å². The second-order valence-corrected chi connectivity index (χ2v) is 31.2. The summed E-state index contributed by atoms with van der Waals surface area (Å²) in [5.74, 6) is 4.49. The van der Waals surface area contributed by atoms with Gasteiger partial charge in [0.1, 0.15) is 17.6 Å². The Bertz CT molecular complexity index is 4310. The molecule has 0 radical (unpaired) electrons. The number of nitrogens with two attached hydrogens (primary N) is 2. The first-order valence-electron chi connectivity index (χ1n) is 35.0. The number of hydrogen-bond acceptors (Lipinski definition) is 10. The summed E-state index contributed by atoms with van der Waals surface area (Å²) in [5.41, 5.74) is 25.0. The molecule has 16 unspecified atom stereocenters. The largest absolute Gasteiger partial charge is 0.508 e. The number of nitrogens with one attached hydrogen (secondary N) is 1. The van der Waals surface area contributed by atoms with Crippen molar-refractivity contribution in [3.63, 3.8) is 0 Å². The molecule has 0 aromatic heterocycles. The average molecular weight is 1300 g/mol. The maximum atomic E-state index is 14.6. The first kappa shape index (κ1) is 63.7. The molecule has 5 aliphatic carbocycles. The summed E-state index contributed by atoms with van der Waals surface area (Å²) in [5, 5.41) is 52.9. The third kappa shape index (κ3) is 11.9. The van der Waals surface area contributed by atoms with Crippen LogP contribution >= 0.6 is 0 Å². The van der Waals surface area contributed by atoms with Gasteiger partial charge in [-0.1, -0.05) is 134 Å². The van der Waals surface area contributed by atoms with Gasteiger partial charge in [-0.15, -0.1) is 0 Å². The van der Waals surface area contributed by atoms with Gasteiger partial charge in [0.15, 0.2) is 5.96 Å². The molecule has 10 N–H and O–H groups in total. The number of aryl methyl sites for hydroxylation is 2. The van der Waals surface area contributed by atoms with Crippen LogP contribution < -0.4 is 21.5 Å². The number of aromatic hydroxyl groups is 1. The molecule has 10 aliphatic rings. The molecule has 0 amide bonds. The van der Waals surface area contributed by atoms with E-state index in [2.05, 4.69) is 139 Å². The Morgan fingerprint density at radius 3 is 2.36 bits per heavy atom. The lowest BCUT2D eigenvalue weighted by molar-refractivity contribution is -0.177. The third-order valence-corrected chi connectivity index (χ3v) is 25.4. The van der Waals surface area contributed by atoms with Crippen molar-refractivity contribution in [2.45, 2.75) is 169 Å². The average Bonchev–Trinajstić information content (AvgIpc) is 0.935. The van der Waals surface area contributed by atoms with Crippen molar-refractivity contribution < 1.29 is 42.9 Å². The predicted molar refractivity (Wildman–Crippen MR) is 371 cm³/mol. The Labute approximate surface area is 559 Å². The summed E-state index contributed by atoms with van der Waals surface area (Å²) in [4.78, 5) is 5.41. The van der Waals surface area contributed by atoms with E-state index in [9.17, 15) is 33.4 Å². The SMILES string of the molecule is CNCc1cc2ccccc2c2c1CCc1cc(C3CCC4CCC(C5(N=C(N)N)Oc6ccc7c(c6)CCC(C)C7CC(S(=O)(=O)O)C6C=C7CC(CC8CC(CO)CC#Cc9cc(O)ccc9C7O8)C6c6ccc5cc6)C(Cc5ccccc5)C4(O)C3)ccc1C(O)C2. The van der Waals surface area contributed by atoms with Crippen LogP contribution in [-0.2, 0) is 59.2 Å². The van der Waals surface area contributed by atoms with Gasteiger partial charge in [0.25, 0.3) is 10.1 Å². The molecule has 14 heteroatoms. The van der Waals surface area contributed by atoms with Crippen LogP contribution in [0, 0.1) is 53.3 Å². The summed E-state index contributed by atoms with van der Waals surface area (Å²) in [6, 6.07) is 47.6. The Hall–Kier alpha value is -7.32. The molecule has 494 valence electrons. The number of fused-ring (bicyclic) bond motifs is 13. The Morgan fingerprint density at radius 1 is 0.789 bits per heavy atom. The van der Waals surface area contributed by atoms with Gasteiger partial charge in [-0.3, -0.25) is 4.55 Å². The molecule has 10 bridgehead atoms. The second-order valence-electron chi connectivity index (χ2n) is 29.5. The number of rotatable bonds is 9. The molecular weight excluding hydrogens is 1200 g/mol. The Balaban J connectivity index is 0.856. The van der Waals surface area contributed by atoms with Crippen LogP contribution in [-0.4, -0.2) is 70.0 Å². The van der Waals surface area contributed by atoms with Gasteiger partial charge >= 0.3 is 0 Å². The highest BCUT2D eigenvalue weighted by atomic mass is 32.2. The smallest absolute Gasteiger partial charge is 0.268 e. The summed E-state index contributed by atoms with van der Waals surface area (Å²) in [6.07, 6.45) is 10.5. The summed E-state index contributed by atoms with van der Waals surface area (Å²) < 4.78 is 56.2. The topological polar surface area (TPSA) is 230 Å². The van der Waals surface area contributed by atoms with Crippen LogP contribution in [0.15, 0.2) is 156 Å².